The Morgan fingerprint density at radius 1 is 1.14 bits per heavy atom. The number of hydrogen-bond donors (Lipinski definition) is 1. The predicted molar refractivity (Wildman–Crippen MR) is 108 cm³/mol. The van der Waals surface area contributed by atoms with Crippen LogP contribution in [-0.2, 0) is 16.4 Å². The maximum Gasteiger partial charge on any atom is 0.407 e. The smallest absolute Gasteiger partial charge is 0.407 e. The highest BCUT2D eigenvalue weighted by Crippen LogP contribution is 2.26. The van der Waals surface area contributed by atoms with Crippen molar-refractivity contribution in [3.63, 3.8) is 0 Å². The van der Waals surface area contributed by atoms with Gasteiger partial charge in [-0.3, -0.25) is 0 Å². The van der Waals surface area contributed by atoms with Crippen LogP contribution in [0.3, 0.4) is 0 Å². The van der Waals surface area contributed by atoms with Crippen molar-refractivity contribution in [1.29, 1.82) is 0 Å². The molecule has 1 saturated heterocycles. The van der Waals surface area contributed by atoms with E-state index >= 15 is 0 Å². The molecule has 0 aliphatic carbocycles. The average Bonchev–Trinajstić information content (AvgIpc) is 3.10. The minimum absolute atomic E-state index is 0.231. The predicted octanol–water partition coefficient (Wildman–Crippen LogP) is 2.74. The fraction of sp³-hybridized carbons (Fsp3) is 0.350. The van der Waals surface area contributed by atoms with E-state index in [1.54, 1.807) is 12.1 Å². The van der Waals surface area contributed by atoms with E-state index < -0.39 is 15.9 Å². The molecule has 0 unspecified atom stereocenters. The molecule has 152 valence electrons. The summed E-state index contributed by atoms with van der Waals surface area (Å²) in [5.74, 6) is 0.231. The molecule has 2 aromatic heterocycles. The van der Waals surface area contributed by atoms with E-state index in [0.29, 0.717) is 24.5 Å². The monoisotopic (exact) mass is 414 g/mol. The molecular formula is C20H22N4O4S. The SMILES string of the molecule is CS(=O)(=O)c1ccc2c(ccn2Cc2ccc(C3CCN(C(=O)O)CC3)nn2)c1. The van der Waals surface area contributed by atoms with Crippen molar-refractivity contribution in [3.8, 4) is 0 Å². The third kappa shape index (κ3) is 4.09. The van der Waals surface area contributed by atoms with E-state index in [1.807, 2.05) is 35.0 Å². The number of benzene rings is 1. The average molecular weight is 414 g/mol. The van der Waals surface area contributed by atoms with Gasteiger partial charge < -0.3 is 14.6 Å². The summed E-state index contributed by atoms with van der Waals surface area (Å²) in [5, 5.41) is 18.6. The Labute approximate surface area is 168 Å². The summed E-state index contributed by atoms with van der Waals surface area (Å²) >= 11 is 0. The second-order valence-corrected chi connectivity index (χ2v) is 9.45. The van der Waals surface area contributed by atoms with Gasteiger partial charge >= 0.3 is 6.09 Å². The number of carboxylic acid groups (broad SMARTS) is 1. The number of likely N-dealkylation sites (tertiary alicyclic amines) is 1. The lowest BCUT2D eigenvalue weighted by molar-refractivity contribution is 0.131. The zero-order valence-corrected chi connectivity index (χ0v) is 16.8. The van der Waals surface area contributed by atoms with Crippen LogP contribution in [0.5, 0.6) is 0 Å². The van der Waals surface area contributed by atoms with Crippen molar-refractivity contribution in [2.75, 3.05) is 19.3 Å². The standard InChI is InChI=1S/C20H22N4O4S/c1-29(27,28)17-3-5-19-15(12-17)8-11-24(19)13-16-2-4-18(22-21-16)14-6-9-23(10-7-14)20(25)26/h2-5,8,11-12,14H,6-7,9-10,13H2,1H3,(H,25,26). The van der Waals surface area contributed by atoms with Gasteiger partial charge in [-0.15, -0.1) is 0 Å². The van der Waals surface area contributed by atoms with Crippen LogP contribution < -0.4 is 0 Å². The molecule has 1 aromatic carbocycles. The number of nitrogens with zero attached hydrogens (tertiary/aromatic N) is 4. The summed E-state index contributed by atoms with van der Waals surface area (Å²) in [6, 6.07) is 10.9. The fourth-order valence-corrected chi connectivity index (χ4v) is 4.42. The number of amides is 1. The molecule has 4 rings (SSSR count). The Kier molecular flexibility index (Phi) is 4.99. The quantitative estimate of drug-likeness (QED) is 0.704. The minimum atomic E-state index is -3.23. The molecule has 0 bridgehead atoms. The molecule has 3 heterocycles. The normalized spacial score (nSPS) is 15.7. The maximum atomic E-state index is 11.7. The van der Waals surface area contributed by atoms with Crippen LogP contribution in [0.2, 0.25) is 0 Å². The second-order valence-electron chi connectivity index (χ2n) is 7.43. The van der Waals surface area contributed by atoms with E-state index in [4.69, 9.17) is 5.11 Å². The lowest BCUT2D eigenvalue weighted by Gasteiger charge is -2.29. The van der Waals surface area contributed by atoms with E-state index in [1.165, 1.54) is 11.2 Å². The van der Waals surface area contributed by atoms with Crippen LogP contribution >= 0.6 is 0 Å². The van der Waals surface area contributed by atoms with Gasteiger partial charge in [-0.2, -0.15) is 10.2 Å². The summed E-state index contributed by atoms with van der Waals surface area (Å²) in [6.45, 7) is 1.58. The summed E-state index contributed by atoms with van der Waals surface area (Å²) < 4.78 is 25.5. The van der Waals surface area contributed by atoms with E-state index in [9.17, 15) is 13.2 Å². The van der Waals surface area contributed by atoms with Crippen LogP contribution in [-0.4, -0.2) is 58.6 Å². The first-order valence-corrected chi connectivity index (χ1v) is 11.3. The van der Waals surface area contributed by atoms with E-state index in [2.05, 4.69) is 10.2 Å². The number of hydrogen-bond acceptors (Lipinski definition) is 5. The first-order valence-electron chi connectivity index (χ1n) is 9.40. The Balaban J connectivity index is 1.47. The van der Waals surface area contributed by atoms with Gasteiger partial charge in [-0.05, 0) is 49.2 Å². The van der Waals surface area contributed by atoms with Crippen LogP contribution in [0, 0.1) is 0 Å². The number of carbonyl (C=O) groups is 1. The van der Waals surface area contributed by atoms with Crippen LogP contribution in [0.25, 0.3) is 10.9 Å². The summed E-state index contributed by atoms with van der Waals surface area (Å²) in [4.78, 5) is 12.8. The van der Waals surface area contributed by atoms with Crippen molar-refractivity contribution >= 4 is 26.8 Å². The molecule has 1 amide bonds. The molecule has 0 spiro atoms. The highest BCUT2D eigenvalue weighted by molar-refractivity contribution is 7.90. The number of rotatable bonds is 4. The number of aromatic nitrogens is 3. The molecular weight excluding hydrogens is 392 g/mol. The minimum Gasteiger partial charge on any atom is -0.465 e. The van der Waals surface area contributed by atoms with Gasteiger partial charge in [0.25, 0.3) is 0 Å². The molecule has 3 aromatic rings. The zero-order valence-electron chi connectivity index (χ0n) is 16.0. The largest absolute Gasteiger partial charge is 0.465 e. The molecule has 1 aliphatic heterocycles. The van der Waals surface area contributed by atoms with Gasteiger partial charge in [0.05, 0.1) is 22.8 Å². The van der Waals surface area contributed by atoms with Crippen molar-refractivity contribution in [2.45, 2.75) is 30.2 Å². The van der Waals surface area contributed by atoms with Gasteiger partial charge in [-0.1, -0.05) is 0 Å². The van der Waals surface area contributed by atoms with Crippen molar-refractivity contribution in [3.05, 3.63) is 54.0 Å². The molecule has 1 N–H and O–H groups in total. The van der Waals surface area contributed by atoms with Crippen molar-refractivity contribution in [1.82, 2.24) is 19.7 Å². The third-order valence-corrected chi connectivity index (χ3v) is 6.54. The van der Waals surface area contributed by atoms with Gasteiger partial charge in [-0.25, -0.2) is 13.2 Å². The van der Waals surface area contributed by atoms with Crippen LogP contribution in [0.4, 0.5) is 4.79 Å². The Morgan fingerprint density at radius 3 is 2.52 bits per heavy atom. The number of fused-ring (bicyclic) bond motifs is 1. The second kappa shape index (κ2) is 7.47. The van der Waals surface area contributed by atoms with Crippen LogP contribution in [0.15, 0.2) is 47.5 Å². The van der Waals surface area contributed by atoms with Crippen LogP contribution in [0.1, 0.15) is 30.1 Å². The van der Waals surface area contributed by atoms with Crippen molar-refractivity contribution in [2.24, 2.45) is 0 Å². The van der Waals surface area contributed by atoms with Crippen molar-refractivity contribution < 1.29 is 18.3 Å². The van der Waals surface area contributed by atoms with Gasteiger partial charge in [0, 0.05) is 42.4 Å². The first kappa shape index (κ1) is 19.4. The molecule has 0 radical (unpaired) electrons. The highest BCUT2D eigenvalue weighted by atomic mass is 32.2. The summed E-state index contributed by atoms with van der Waals surface area (Å²) in [6.07, 6.45) is 3.76. The van der Waals surface area contributed by atoms with E-state index in [0.717, 1.165) is 35.1 Å². The molecule has 1 aliphatic rings. The lowest BCUT2D eigenvalue weighted by Crippen LogP contribution is -2.37. The van der Waals surface area contributed by atoms with E-state index in [-0.39, 0.29) is 5.92 Å². The fourth-order valence-electron chi connectivity index (χ4n) is 3.76. The maximum absolute atomic E-state index is 11.7. The Hall–Kier alpha value is -2.94. The Bertz CT molecular complexity index is 1150. The zero-order chi connectivity index (χ0) is 20.6. The summed E-state index contributed by atoms with van der Waals surface area (Å²) in [7, 11) is -3.23. The van der Waals surface area contributed by atoms with Gasteiger partial charge in [0.15, 0.2) is 9.84 Å². The van der Waals surface area contributed by atoms with Gasteiger partial charge in [0.1, 0.15) is 0 Å². The molecule has 29 heavy (non-hydrogen) atoms. The number of sulfone groups is 1. The Morgan fingerprint density at radius 2 is 1.90 bits per heavy atom. The molecule has 9 heteroatoms. The lowest BCUT2D eigenvalue weighted by atomic mass is 9.93. The summed E-state index contributed by atoms with van der Waals surface area (Å²) in [5.41, 5.74) is 2.64. The molecule has 0 atom stereocenters. The van der Waals surface area contributed by atoms with Gasteiger partial charge in [0.2, 0.25) is 0 Å². The topological polar surface area (TPSA) is 105 Å². The molecule has 0 saturated carbocycles. The molecule has 1 fully saturated rings. The third-order valence-electron chi connectivity index (χ3n) is 5.43. The molecule has 8 nitrogen and oxygen atoms in total. The number of piperidine rings is 1. The highest BCUT2D eigenvalue weighted by Gasteiger charge is 2.24. The first-order chi connectivity index (χ1) is 13.8.